The monoisotopic (exact) mass is 255 g/mol. The molecule has 1 amide bonds. The average Bonchev–Trinajstić information content (AvgIpc) is 2.87. The molecule has 1 saturated carbocycles. The van der Waals surface area contributed by atoms with E-state index in [0.717, 1.165) is 25.9 Å². The van der Waals surface area contributed by atoms with Gasteiger partial charge in [0.15, 0.2) is 0 Å². The first-order chi connectivity index (χ1) is 8.49. The highest BCUT2D eigenvalue weighted by atomic mass is 16.1. The summed E-state index contributed by atoms with van der Waals surface area (Å²) in [6.45, 7) is 5.79. The molecule has 0 radical (unpaired) electrons. The van der Waals surface area contributed by atoms with Gasteiger partial charge in [0.2, 0.25) is 5.91 Å². The van der Waals surface area contributed by atoms with Crippen molar-refractivity contribution >= 4 is 5.91 Å². The minimum Gasteiger partial charge on any atom is -0.368 e. The molecule has 1 fully saturated rings. The first kappa shape index (κ1) is 15.4. The Labute approximate surface area is 111 Å². The first-order valence-corrected chi connectivity index (χ1v) is 7.25. The van der Waals surface area contributed by atoms with Gasteiger partial charge in [-0.1, -0.05) is 19.8 Å². The van der Waals surface area contributed by atoms with E-state index in [-0.39, 0.29) is 5.91 Å². The van der Waals surface area contributed by atoms with Crippen molar-refractivity contribution in [2.24, 2.45) is 5.73 Å². The Bertz CT molecular complexity index is 264. The number of hydrogen-bond acceptors (Lipinski definition) is 3. The average molecular weight is 255 g/mol. The second-order valence-electron chi connectivity index (χ2n) is 5.79. The largest absolute Gasteiger partial charge is 0.368 e. The van der Waals surface area contributed by atoms with Crippen molar-refractivity contribution in [3.8, 4) is 0 Å². The van der Waals surface area contributed by atoms with Crippen LogP contribution in [0.2, 0.25) is 0 Å². The molecule has 106 valence electrons. The molecule has 0 aromatic carbocycles. The molecule has 0 spiro atoms. The smallest absolute Gasteiger partial charge is 0.237 e. The van der Waals surface area contributed by atoms with Crippen molar-refractivity contribution in [3.63, 3.8) is 0 Å². The molecule has 1 rings (SSSR count). The SMILES string of the molecule is CCCNC(C)(CCN(C)C1CCCC1)C(N)=O. The predicted molar refractivity (Wildman–Crippen MR) is 75.4 cm³/mol. The van der Waals surface area contributed by atoms with Gasteiger partial charge in [0, 0.05) is 12.6 Å². The summed E-state index contributed by atoms with van der Waals surface area (Å²) in [6.07, 6.45) is 7.08. The van der Waals surface area contributed by atoms with Gasteiger partial charge in [-0.25, -0.2) is 0 Å². The summed E-state index contributed by atoms with van der Waals surface area (Å²) in [5, 5.41) is 3.29. The van der Waals surface area contributed by atoms with Crippen molar-refractivity contribution in [2.45, 2.75) is 64.0 Å². The second-order valence-corrected chi connectivity index (χ2v) is 5.79. The lowest BCUT2D eigenvalue weighted by molar-refractivity contribution is -0.124. The van der Waals surface area contributed by atoms with Gasteiger partial charge in [0.05, 0.1) is 5.54 Å². The number of carbonyl (C=O) groups excluding carboxylic acids is 1. The van der Waals surface area contributed by atoms with Crippen LogP contribution in [0.5, 0.6) is 0 Å². The number of amides is 1. The number of hydrogen-bond donors (Lipinski definition) is 2. The molecule has 1 unspecified atom stereocenters. The third-order valence-corrected chi connectivity index (χ3v) is 4.22. The Morgan fingerprint density at radius 2 is 2.06 bits per heavy atom. The summed E-state index contributed by atoms with van der Waals surface area (Å²) in [4.78, 5) is 14.0. The second kappa shape index (κ2) is 7.10. The Balaban J connectivity index is 2.43. The maximum absolute atomic E-state index is 11.6. The lowest BCUT2D eigenvalue weighted by Crippen LogP contribution is -2.55. The van der Waals surface area contributed by atoms with Crippen LogP contribution < -0.4 is 11.1 Å². The molecule has 1 aliphatic rings. The molecule has 0 bridgehead atoms. The normalized spacial score (nSPS) is 20.2. The van der Waals surface area contributed by atoms with Gasteiger partial charge in [0.1, 0.15) is 0 Å². The lowest BCUT2D eigenvalue weighted by atomic mass is 9.96. The zero-order chi connectivity index (χ0) is 13.6. The van der Waals surface area contributed by atoms with E-state index >= 15 is 0 Å². The zero-order valence-corrected chi connectivity index (χ0v) is 12.2. The standard InChI is InChI=1S/C14H29N3O/c1-4-10-16-14(2,13(15)18)9-11-17(3)12-7-5-6-8-12/h12,16H,4-11H2,1-3H3,(H2,15,18). The number of nitrogens with zero attached hydrogens (tertiary/aromatic N) is 1. The number of carbonyl (C=O) groups is 1. The van der Waals surface area contributed by atoms with Gasteiger partial charge in [-0.15, -0.1) is 0 Å². The highest BCUT2D eigenvalue weighted by Gasteiger charge is 2.31. The maximum Gasteiger partial charge on any atom is 0.237 e. The zero-order valence-electron chi connectivity index (χ0n) is 12.2. The van der Waals surface area contributed by atoms with E-state index in [1.807, 2.05) is 6.92 Å². The number of nitrogens with one attached hydrogen (secondary N) is 1. The van der Waals surface area contributed by atoms with Crippen LogP contribution in [0, 0.1) is 0 Å². The topological polar surface area (TPSA) is 58.4 Å². The van der Waals surface area contributed by atoms with Crippen LogP contribution in [0.4, 0.5) is 0 Å². The molecule has 1 aliphatic carbocycles. The summed E-state index contributed by atoms with van der Waals surface area (Å²) in [6, 6.07) is 0.702. The summed E-state index contributed by atoms with van der Waals surface area (Å²) >= 11 is 0. The fourth-order valence-corrected chi connectivity index (χ4v) is 2.63. The fourth-order valence-electron chi connectivity index (χ4n) is 2.63. The highest BCUT2D eigenvalue weighted by molar-refractivity contribution is 5.84. The summed E-state index contributed by atoms with van der Waals surface area (Å²) in [7, 11) is 2.16. The van der Waals surface area contributed by atoms with Crippen LogP contribution in [-0.2, 0) is 4.79 Å². The molecular weight excluding hydrogens is 226 g/mol. The van der Waals surface area contributed by atoms with E-state index in [4.69, 9.17) is 5.73 Å². The van der Waals surface area contributed by atoms with Gasteiger partial charge in [-0.3, -0.25) is 4.79 Å². The molecule has 18 heavy (non-hydrogen) atoms. The number of rotatable bonds is 8. The third kappa shape index (κ3) is 4.25. The van der Waals surface area contributed by atoms with Crippen molar-refractivity contribution in [3.05, 3.63) is 0 Å². The predicted octanol–water partition coefficient (Wildman–Crippen LogP) is 1.49. The molecule has 0 aromatic rings. The fraction of sp³-hybridized carbons (Fsp3) is 0.929. The molecular formula is C14H29N3O. The van der Waals surface area contributed by atoms with Crippen LogP contribution in [0.1, 0.15) is 52.4 Å². The van der Waals surface area contributed by atoms with E-state index in [0.29, 0.717) is 6.04 Å². The lowest BCUT2D eigenvalue weighted by Gasteiger charge is -2.31. The van der Waals surface area contributed by atoms with Crippen LogP contribution in [-0.4, -0.2) is 42.5 Å². The highest BCUT2D eigenvalue weighted by Crippen LogP contribution is 2.23. The quantitative estimate of drug-likeness (QED) is 0.691. The molecule has 3 N–H and O–H groups in total. The van der Waals surface area contributed by atoms with E-state index in [2.05, 4.69) is 24.2 Å². The molecule has 4 heteroatoms. The Morgan fingerprint density at radius 3 is 2.56 bits per heavy atom. The Kier molecular flexibility index (Phi) is 6.09. The maximum atomic E-state index is 11.6. The molecule has 0 aromatic heterocycles. The molecule has 0 aliphatic heterocycles. The Hall–Kier alpha value is -0.610. The van der Waals surface area contributed by atoms with Crippen LogP contribution in [0.15, 0.2) is 0 Å². The molecule has 0 heterocycles. The molecule has 4 nitrogen and oxygen atoms in total. The van der Waals surface area contributed by atoms with Crippen molar-refractivity contribution in [1.29, 1.82) is 0 Å². The third-order valence-electron chi connectivity index (χ3n) is 4.22. The van der Waals surface area contributed by atoms with Gasteiger partial charge >= 0.3 is 0 Å². The summed E-state index contributed by atoms with van der Waals surface area (Å²) < 4.78 is 0. The van der Waals surface area contributed by atoms with Crippen LogP contribution in [0.3, 0.4) is 0 Å². The van der Waals surface area contributed by atoms with E-state index in [9.17, 15) is 4.79 Å². The van der Waals surface area contributed by atoms with Gasteiger partial charge in [0.25, 0.3) is 0 Å². The minimum absolute atomic E-state index is 0.240. The van der Waals surface area contributed by atoms with E-state index in [1.165, 1.54) is 25.7 Å². The van der Waals surface area contributed by atoms with Crippen LogP contribution in [0.25, 0.3) is 0 Å². The van der Waals surface area contributed by atoms with Crippen molar-refractivity contribution < 1.29 is 4.79 Å². The molecule has 1 atom stereocenters. The van der Waals surface area contributed by atoms with Gasteiger partial charge in [-0.05, 0) is 46.2 Å². The molecule has 0 saturated heterocycles. The van der Waals surface area contributed by atoms with Gasteiger partial charge < -0.3 is 16.0 Å². The van der Waals surface area contributed by atoms with Gasteiger partial charge in [-0.2, -0.15) is 0 Å². The van der Waals surface area contributed by atoms with Crippen LogP contribution >= 0.6 is 0 Å². The first-order valence-electron chi connectivity index (χ1n) is 7.25. The summed E-state index contributed by atoms with van der Waals surface area (Å²) in [5.41, 5.74) is 4.96. The van der Waals surface area contributed by atoms with Crippen molar-refractivity contribution in [1.82, 2.24) is 10.2 Å². The minimum atomic E-state index is -0.567. The van der Waals surface area contributed by atoms with Crippen molar-refractivity contribution in [2.75, 3.05) is 20.1 Å². The van der Waals surface area contributed by atoms with E-state index < -0.39 is 5.54 Å². The number of nitrogens with two attached hydrogens (primary N) is 1. The Morgan fingerprint density at radius 1 is 1.44 bits per heavy atom. The number of primary amides is 1. The van der Waals surface area contributed by atoms with E-state index in [1.54, 1.807) is 0 Å². The summed E-state index contributed by atoms with van der Waals surface area (Å²) in [5.74, 6) is -0.240.